The van der Waals surface area contributed by atoms with Gasteiger partial charge in [0.05, 0.1) is 6.61 Å². The van der Waals surface area contributed by atoms with Crippen LogP contribution in [0.5, 0.6) is 0 Å². The molecule has 2 aliphatic rings. The van der Waals surface area contributed by atoms with Gasteiger partial charge in [-0.3, -0.25) is 0 Å². The van der Waals surface area contributed by atoms with Crippen molar-refractivity contribution in [1.29, 1.82) is 0 Å². The molecule has 1 heterocycles. The van der Waals surface area contributed by atoms with Gasteiger partial charge in [0.1, 0.15) is 0 Å². The number of thioether (sulfide) groups is 1. The van der Waals surface area contributed by atoms with E-state index in [2.05, 4.69) is 24.0 Å². The second kappa shape index (κ2) is 6.12. The van der Waals surface area contributed by atoms with Gasteiger partial charge in [-0.05, 0) is 37.9 Å². The lowest BCUT2D eigenvalue weighted by Gasteiger charge is -2.26. The Kier molecular flexibility index (Phi) is 4.79. The molecule has 3 heteroatoms. The van der Waals surface area contributed by atoms with Crippen molar-refractivity contribution in [1.82, 2.24) is 5.32 Å². The van der Waals surface area contributed by atoms with Crippen LogP contribution in [-0.4, -0.2) is 36.3 Å². The van der Waals surface area contributed by atoms with E-state index in [-0.39, 0.29) is 0 Å². The maximum atomic E-state index is 5.50. The fourth-order valence-corrected chi connectivity index (χ4v) is 3.83. The van der Waals surface area contributed by atoms with Gasteiger partial charge in [-0.2, -0.15) is 11.8 Å². The Balaban J connectivity index is 1.67. The molecular formula is C12H23NOS. The van der Waals surface area contributed by atoms with Crippen LogP contribution in [0.2, 0.25) is 0 Å². The van der Waals surface area contributed by atoms with Crippen molar-refractivity contribution in [3.8, 4) is 0 Å². The van der Waals surface area contributed by atoms with Crippen LogP contribution >= 0.6 is 11.8 Å². The van der Waals surface area contributed by atoms with Gasteiger partial charge in [0.15, 0.2) is 0 Å². The smallest absolute Gasteiger partial charge is 0.0619 e. The third kappa shape index (κ3) is 3.65. The Labute approximate surface area is 97.5 Å². The summed E-state index contributed by atoms with van der Waals surface area (Å²) in [6.45, 7) is 4.17. The molecule has 0 aromatic carbocycles. The molecule has 3 unspecified atom stereocenters. The first-order chi connectivity index (χ1) is 7.38. The molecular weight excluding hydrogens is 206 g/mol. The summed E-state index contributed by atoms with van der Waals surface area (Å²) in [5.74, 6) is 1.27. The summed E-state index contributed by atoms with van der Waals surface area (Å²) >= 11 is 2.13. The highest BCUT2D eigenvalue weighted by Crippen LogP contribution is 2.30. The van der Waals surface area contributed by atoms with Crippen molar-refractivity contribution in [2.24, 2.45) is 0 Å². The van der Waals surface area contributed by atoms with E-state index in [9.17, 15) is 0 Å². The highest BCUT2D eigenvalue weighted by molar-refractivity contribution is 7.99. The van der Waals surface area contributed by atoms with E-state index in [1.807, 2.05) is 0 Å². The molecule has 2 rings (SSSR count). The highest BCUT2D eigenvalue weighted by Gasteiger charge is 2.26. The molecule has 1 saturated heterocycles. The lowest BCUT2D eigenvalue weighted by Crippen LogP contribution is -2.42. The first-order valence-electron chi connectivity index (χ1n) is 6.34. The molecule has 3 atom stereocenters. The minimum absolute atomic E-state index is 0.633. The molecule has 0 aromatic rings. The summed E-state index contributed by atoms with van der Waals surface area (Å²) in [5, 5.41) is 4.68. The van der Waals surface area contributed by atoms with E-state index in [4.69, 9.17) is 4.74 Å². The predicted octanol–water partition coefficient (Wildman–Crippen LogP) is 2.43. The molecule has 1 N–H and O–H groups in total. The van der Waals surface area contributed by atoms with Crippen LogP contribution in [0.3, 0.4) is 0 Å². The molecule has 2 nitrogen and oxygen atoms in total. The average Bonchev–Trinajstić information content (AvgIpc) is 2.68. The van der Waals surface area contributed by atoms with Crippen LogP contribution in [0.15, 0.2) is 0 Å². The summed E-state index contributed by atoms with van der Waals surface area (Å²) < 4.78 is 5.50. The lowest BCUT2D eigenvalue weighted by atomic mass is 10.1. The number of ether oxygens (including phenoxy) is 1. The van der Waals surface area contributed by atoms with Crippen molar-refractivity contribution in [3.63, 3.8) is 0 Å². The molecule has 88 valence electrons. The van der Waals surface area contributed by atoms with Crippen molar-refractivity contribution in [3.05, 3.63) is 0 Å². The third-order valence-corrected chi connectivity index (χ3v) is 4.65. The van der Waals surface area contributed by atoms with Crippen LogP contribution < -0.4 is 5.32 Å². The van der Waals surface area contributed by atoms with Crippen molar-refractivity contribution < 1.29 is 4.74 Å². The van der Waals surface area contributed by atoms with E-state index in [0.717, 1.165) is 24.5 Å². The number of hydrogen-bond donors (Lipinski definition) is 1. The fourth-order valence-electron chi connectivity index (χ4n) is 2.68. The zero-order valence-corrected chi connectivity index (χ0v) is 10.5. The maximum absolute atomic E-state index is 5.50. The number of nitrogens with one attached hydrogen (secondary N) is 1. The van der Waals surface area contributed by atoms with Gasteiger partial charge in [0.25, 0.3) is 0 Å². The van der Waals surface area contributed by atoms with E-state index >= 15 is 0 Å². The first kappa shape index (κ1) is 11.7. The molecule has 15 heavy (non-hydrogen) atoms. The Morgan fingerprint density at radius 3 is 2.93 bits per heavy atom. The van der Waals surface area contributed by atoms with Gasteiger partial charge >= 0.3 is 0 Å². The fraction of sp³-hybridized carbons (Fsp3) is 1.00. The summed E-state index contributed by atoms with van der Waals surface area (Å²) in [4.78, 5) is 0. The molecule has 2 fully saturated rings. The molecule has 0 spiro atoms. The zero-order valence-electron chi connectivity index (χ0n) is 9.71. The first-order valence-corrected chi connectivity index (χ1v) is 7.38. The second-order valence-electron chi connectivity index (χ2n) is 4.67. The molecule has 1 aliphatic heterocycles. The number of rotatable bonds is 4. The summed E-state index contributed by atoms with van der Waals surface area (Å²) in [6.07, 6.45) is 6.69. The van der Waals surface area contributed by atoms with Gasteiger partial charge in [-0.25, -0.2) is 0 Å². The van der Waals surface area contributed by atoms with Crippen molar-refractivity contribution in [2.45, 2.75) is 56.4 Å². The summed E-state index contributed by atoms with van der Waals surface area (Å²) in [6, 6.07) is 1.40. The Hall–Kier alpha value is 0.270. The SMILES string of the molecule is CCSC1CCC(NC2CCCOC2)C1. The third-order valence-electron chi connectivity index (χ3n) is 3.42. The monoisotopic (exact) mass is 229 g/mol. The maximum Gasteiger partial charge on any atom is 0.0619 e. The normalized spacial score (nSPS) is 37.0. The van der Waals surface area contributed by atoms with Crippen LogP contribution in [0.25, 0.3) is 0 Å². The van der Waals surface area contributed by atoms with Gasteiger partial charge < -0.3 is 10.1 Å². The minimum atomic E-state index is 0.633. The van der Waals surface area contributed by atoms with Crippen molar-refractivity contribution >= 4 is 11.8 Å². The molecule has 1 saturated carbocycles. The molecule has 0 aromatic heterocycles. The van der Waals surface area contributed by atoms with Crippen LogP contribution in [0.4, 0.5) is 0 Å². The Morgan fingerprint density at radius 2 is 2.20 bits per heavy atom. The van der Waals surface area contributed by atoms with Gasteiger partial charge in [-0.1, -0.05) is 6.92 Å². The zero-order chi connectivity index (χ0) is 10.5. The van der Waals surface area contributed by atoms with Crippen molar-refractivity contribution in [2.75, 3.05) is 19.0 Å². The molecule has 0 amide bonds. The van der Waals surface area contributed by atoms with E-state index < -0.39 is 0 Å². The number of hydrogen-bond acceptors (Lipinski definition) is 3. The lowest BCUT2D eigenvalue weighted by molar-refractivity contribution is 0.0666. The quantitative estimate of drug-likeness (QED) is 0.800. The molecule has 0 bridgehead atoms. The predicted molar refractivity (Wildman–Crippen MR) is 66.5 cm³/mol. The largest absolute Gasteiger partial charge is 0.380 e. The second-order valence-corrected chi connectivity index (χ2v) is 6.25. The van der Waals surface area contributed by atoms with Crippen LogP contribution in [0, 0.1) is 0 Å². The molecule has 0 radical (unpaired) electrons. The standard InChI is InChI=1S/C12H23NOS/c1-2-15-12-6-5-10(8-12)13-11-4-3-7-14-9-11/h10-13H,2-9H2,1H3. The highest BCUT2D eigenvalue weighted by atomic mass is 32.2. The summed E-state index contributed by atoms with van der Waals surface area (Å²) in [7, 11) is 0. The van der Waals surface area contributed by atoms with E-state index in [1.165, 1.54) is 37.9 Å². The van der Waals surface area contributed by atoms with Crippen LogP contribution in [0.1, 0.15) is 39.0 Å². The minimum Gasteiger partial charge on any atom is -0.380 e. The van der Waals surface area contributed by atoms with Gasteiger partial charge in [-0.15, -0.1) is 0 Å². The Morgan fingerprint density at radius 1 is 1.27 bits per heavy atom. The van der Waals surface area contributed by atoms with Crippen LogP contribution in [-0.2, 0) is 4.74 Å². The average molecular weight is 229 g/mol. The van der Waals surface area contributed by atoms with Gasteiger partial charge in [0.2, 0.25) is 0 Å². The van der Waals surface area contributed by atoms with Gasteiger partial charge in [0, 0.05) is 23.9 Å². The summed E-state index contributed by atoms with van der Waals surface area (Å²) in [5.41, 5.74) is 0. The Bertz CT molecular complexity index is 182. The van der Waals surface area contributed by atoms with E-state index in [0.29, 0.717) is 6.04 Å². The van der Waals surface area contributed by atoms with E-state index in [1.54, 1.807) is 0 Å². The topological polar surface area (TPSA) is 21.3 Å². The molecule has 1 aliphatic carbocycles.